The van der Waals surface area contributed by atoms with Crippen molar-refractivity contribution in [1.82, 2.24) is 25.5 Å². The number of rotatable bonds is 2. The van der Waals surface area contributed by atoms with E-state index in [0.717, 1.165) is 0 Å². The average Bonchev–Trinajstić information content (AvgIpc) is 2.81. The van der Waals surface area contributed by atoms with Gasteiger partial charge in [-0.1, -0.05) is 0 Å². The highest BCUT2D eigenvalue weighted by molar-refractivity contribution is 5.85. The summed E-state index contributed by atoms with van der Waals surface area (Å²) in [6, 6.07) is -0.924. The van der Waals surface area contributed by atoms with E-state index in [9.17, 15) is 8.78 Å². The summed E-state index contributed by atoms with van der Waals surface area (Å²) in [6.07, 6.45) is 3.19. The number of aromatic nitrogens is 4. The molecule has 0 bridgehead atoms. The molecule has 2 aromatic rings. The molecule has 0 saturated carbocycles. The van der Waals surface area contributed by atoms with Crippen LogP contribution in [0.5, 0.6) is 0 Å². The van der Waals surface area contributed by atoms with Crippen LogP contribution < -0.4 is 10.6 Å². The van der Waals surface area contributed by atoms with Crippen LogP contribution in [0.1, 0.15) is 6.42 Å². The molecule has 3 heterocycles. The van der Waals surface area contributed by atoms with Crippen LogP contribution in [-0.4, -0.2) is 45.2 Å². The second-order valence-corrected chi connectivity index (χ2v) is 4.28. The molecule has 1 fully saturated rings. The minimum absolute atomic E-state index is 0. The Hall–Kier alpha value is -1.54. The van der Waals surface area contributed by atoms with Crippen LogP contribution in [-0.2, 0) is 0 Å². The van der Waals surface area contributed by atoms with Gasteiger partial charge < -0.3 is 10.6 Å². The van der Waals surface area contributed by atoms with E-state index in [1.165, 1.54) is 12.5 Å². The Morgan fingerprint density at radius 2 is 2.21 bits per heavy atom. The van der Waals surface area contributed by atoms with Crippen molar-refractivity contribution in [3.63, 3.8) is 0 Å². The lowest BCUT2D eigenvalue weighted by Gasteiger charge is -2.32. The number of aromatic amines is 1. The van der Waals surface area contributed by atoms with E-state index < -0.39 is 12.0 Å². The first-order valence-electron chi connectivity index (χ1n) is 5.66. The molecule has 1 aliphatic heterocycles. The van der Waals surface area contributed by atoms with E-state index >= 15 is 0 Å². The molecule has 1 aliphatic rings. The Morgan fingerprint density at radius 1 is 1.37 bits per heavy atom. The van der Waals surface area contributed by atoms with Gasteiger partial charge in [0, 0.05) is 0 Å². The fourth-order valence-corrected chi connectivity index (χ4v) is 2.06. The van der Waals surface area contributed by atoms with Gasteiger partial charge in [0.2, 0.25) is 0 Å². The smallest absolute Gasteiger partial charge is 0.279 e. The maximum absolute atomic E-state index is 13.7. The Kier molecular flexibility index (Phi) is 3.81. The number of nitrogens with zero attached hydrogens (tertiary/aromatic N) is 3. The van der Waals surface area contributed by atoms with Gasteiger partial charge in [0.15, 0.2) is 5.65 Å². The van der Waals surface area contributed by atoms with Crippen LogP contribution >= 0.6 is 12.4 Å². The average molecular weight is 291 g/mol. The molecule has 3 rings (SSSR count). The summed E-state index contributed by atoms with van der Waals surface area (Å²) >= 11 is 0. The molecule has 0 aromatic carbocycles. The van der Waals surface area contributed by atoms with E-state index in [0.29, 0.717) is 29.8 Å². The number of anilines is 1. The quantitative estimate of drug-likeness (QED) is 0.774. The van der Waals surface area contributed by atoms with Gasteiger partial charge in [-0.15, -0.1) is 12.4 Å². The normalized spacial score (nSPS) is 21.9. The van der Waals surface area contributed by atoms with Gasteiger partial charge in [0.1, 0.15) is 12.1 Å². The van der Waals surface area contributed by atoms with Crippen molar-refractivity contribution in [2.45, 2.75) is 18.4 Å². The van der Waals surface area contributed by atoms with Gasteiger partial charge in [0.05, 0.1) is 24.2 Å². The summed E-state index contributed by atoms with van der Waals surface area (Å²) in [7, 11) is 0. The SMILES string of the molecule is Cl.FC1(F)CNCCC1Nc1ncnc2[nH]ncc12. The molecule has 0 spiro atoms. The Morgan fingerprint density at radius 3 is 3.00 bits per heavy atom. The highest BCUT2D eigenvalue weighted by atomic mass is 35.5. The highest BCUT2D eigenvalue weighted by Crippen LogP contribution is 2.27. The number of alkyl halides is 2. The maximum atomic E-state index is 13.7. The Balaban J connectivity index is 0.00000133. The predicted octanol–water partition coefficient (Wildman–Crippen LogP) is 1.18. The number of fused-ring (bicyclic) bond motifs is 1. The standard InChI is InChI=1S/C10H12F2N6.ClH/c11-10(12)4-13-2-1-7(10)17-8-6-3-16-18-9(6)15-5-14-8;/h3,5,7,13H,1-2,4H2,(H2,14,15,16,17,18);1H. The predicted molar refractivity (Wildman–Crippen MR) is 68.8 cm³/mol. The first kappa shape index (κ1) is 13.9. The third-order valence-corrected chi connectivity index (χ3v) is 3.04. The lowest BCUT2D eigenvalue weighted by atomic mass is 10.0. The van der Waals surface area contributed by atoms with Crippen LogP contribution in [0, 0.1) is 0 Å². The van der Waals surface area contributed by atoms with Gasteiger partial charge in [-0.2, -0.15) is 5.10 Å². The summed E-state index contributed by atoms with van der Waals surface area (Å²) < 4.78 is 27.4. The van der Waals surface area contributed by atoms with Crippen LogP contribution in [0.25, 0.3) is 11.0 Å². The van der Waals surface area contributed by atoms with Crippen LogP contribution in [0.4, 0.5) is 14.6 Å². The summed E-state index contributed by atoms with van der Waals surface area (Å²) in [4.78, 5) is 7.97. The summed E-state index contributed by atoms with van der Waals surface area (Å²) in [5.74, 6) is -2.40. The van der Waals surface area contributed by atoms with E-state index in [4.69, 9.17) is 0 Å². The summed E-state index contributed by atoms with van der Waals surface area (Å²) in [5.41, 5.74) is 0.532. The zero-order valence-electron chi connectivity index (χ0n) is 9.86. The van der Waals surface area contributed by atoms with Gasteiger partial charge in [-0.3, -0.25) is 5.10 Å². The Bertz CT molecular complexity index is 560. The zero-order chi connectivity index (χ0) is 12.6. The molecule has 1 saturated heterocycles. The molecule has 0 amide bonds. The van der Waals surface area contributed by atoms with Crippen LogP contribution in [0.3, 0.4) is 0 Å². The minimum atomic E-state index is -2.79. The fraction of sp³-hybridized carbons (Fsp3) is 0.500. The van der Waals surface area contributed by atoms with E-state index in [2.05, 4.69) is 30.8 Å². The molecule has 0 radical (unpaired) electrons. The molecule has 9 heteroatoms. The van der Waals surface area contributed by atoms with Crippen molar-refractivity contribution in [3.05, 3.63) is 12.5 Å². The second kappa shape index (κ2) is 5.22. The van der Waals surface area contributed by atoms with Gasteiger partial charge in [0.25, 0.3) is 5.92 Å². The number of nitrogens with one attached hydrogen (secondary N) is 3. The topological polar surface area (TPSA) is 78.5 Å². The number of H-pyrrole nitrogens is 1. The van der Waals surface area contributed by atoms with Crippen molar-refractivity contribution >= 4 is 29.3 Å². The Labute approximate surface area is 113 Å². The number of piperidine rings is 1. The molecule has 104 valence electrons. The molecule has 0 aliphatic carbocycles. The lowest BCUT2D eigenvalue weighted by molar-refractivity contribution is -0.0322. The molecular formula is C10H13ClF2N6. The van der Waals surface area contributed by atoms with Gasteiger partial charge >= 0.3 is 0 Å². The van der Waals surface area contributed by atoms with Crippen molar-refractivity contribution in [3.8, 4) is 0 Å². The second-order valence-electron chi connectivity index (χ2n) is 4.28. The lowest BCUT2D eigenvalue weighted by Crippen LogP contribution is -2.52. The summed E-state index contributed by atoms with van der Waals surface area (Å²) in [6.45, 7) is 0.247. The van der Waals surface area contributed by atoms with Crippen molar-refractivity contribution in [2.75, 3.05) is 18.4 Å². The first-order valence-corrected chi connectivity index (χ1v) is 5.66. The van der Waals surface area contributed by atoms with E-state index in [1.54, 1.807) is 0 Å². The van der Waals surface area contributed by atoms with Crippen molar-refractivity contribution in [2.24, 2.45) is 0 Å². The number of halogens is 3. The highest BCUT2D eigenvalue weighted by Gasteiger charge is 2.41. The number of hydrogen-bond acceptors (Lipinski definition) is 5. The first-order chi connectivity index (χ1) is 8.67. The minimum Gasteiger partial charge on any atom is -0.360 e. The third-order valence-electron chi connectivity index (χ3n) is 3.04. The largest absolute Gasteiger partial charge is 0.360 e. The van der Waals surface area contributed by atoms with Gasteiger partial charge in [-0.25, -0.2) is 18.7 Å². The molecule has 1 unspecified atom stereocenters. The monoisotopic (exact) mass is 290 g/mol. The fourth-order valence-electron chi connectivity index (χ4n) is 2.06. The maximum Gasteiger partial charge on any atom is 0.279 e. The summed E-state index contributed by atoms with van der Waals surface area (Å²) in [5, 5.41) is 12.6. The zero-order valence-corrected chi connectivity index (χ0v) is 10.7. The molecule has 2 aromatic heterocycles. The molecular weight excluding hydrogens is 278 g/mol. The van der Waals surface area contributed by atoms with Crippen LogP contribution in [0.15, 0.2) is 12.5 Å². The third kappa shape index (κ3) is 2.59. The molecule has 1 atom stereocenters. The molecule has 3 N–H and O–H groups in total. The number of hydrogen-bond donors (Lipinski definition) is 3. The van der Waals surface area contributed by atoms with E-state index in [-0.39, 0.29) is 19.0 Å². The van der Waals surface area contributed by atoms with Crippen molar-refractivity contribution in [1.29, 1.82) is 0 Å². The van der Waals surface area contributed by atoms with Crippen LogP contribution in [0.2, 0.25) is 0 Å². The molecule has 19 heavy (non-hydrogen) atoms. The molecule has 6 nitrogen and oxygen atoms in total. The van der Waals surface area contributed by atoms with Gasteiger partial charge in [-0.05, 0) is 13.0 Å². The van der Waals surface area contributed by atoms with E-state index in [1.807, 2.05) is 0 Å². The van der Waals surface area contributed by atoms with Crippen molar-refractivity contribution < 1.29 is 8.78 Å².